The number of aryl methyl sites for hydroxylation is 1. The molecule has 1 N–H and O–H groups in total. The Labute approximate surface area is 230 Å². The quantitative estimate of drug-likeness (QED) is 0.287. The van der Waals surface area contributed by atoms with E-state index in [2.05, 4.69) is 33.8 Å². The second-order valence-electron chi connectivity index (χ2n) is 9.68. The van der Waals surface area contributed by atoms with E-state index in [1.807, 2.05) is 37.3 Å². The monoisotopic (exact) mass is 560 g/mol. The summed E-state index contributed by atoms with van der Waals surface area (Å²) >= 11 is 14.3. The zero-order valence-electron chi connectivity index (χ0n) is 21.0. The highest BCUT2D eigenvalue weighted by atomic mass is 35.5. The van der Waals surface area contributed by atoms with Crippen molar-refractivity contribution < 1.29 is 14.4 Å². The normalized spacial score (nSPS) is 19.9. The zero-order valence-corrected chi connectivity index (χ0v) is 23.4. The number of rotatable bonds is 8. The molecule has 4 aromatic rings. The molecule has 0 spiro atoms. The first-order valence-electron chi connectivity index (χ1n) is 12.3. The van der Waals surface area contributed by atoms with E-state index in [-0.39, 0.29) is 18.7 Å². The lowest BCUT2D eigenvalue weighted by Gasteiger charge is -2.44. The molecule has 10 heteroatoms. The summed E-state index contributed by atoms with van der Waals surface area (Å²) in [5.74, 6) is 1.49. The van der Waals surface area contributed by atoms with Crippen LogP contribution in [0.25, 0.3) is 21.5 Å². The minimum Gasteiger partial charge on any atom is -0.491 e. The number of piperazine rings is 1. The van der Waals surface area contributed by atoms with E-state index in [9.17, 15) is 5.11 Å². The van der Waals surface area contributed by atoms with Crippen molar-refractivity contribution in [2.45, 2.75) is 45.5 Å². The summed E-state index contributed by atoms with van der Waals surface area (Å²) in [5, 5.41) is 17.0. The Morgan fingerprint density at radius 2 is 1.84 bits per heavy atom. The number of halogens is 2. The highest BCUT2D eigenvalue weighted by Gasteiger charge is 2.31. The van der Waals surface area contributed by atoms with Gasteiger partial charge in [-0.05, 0) is 45.0 Å². The Morgan fingerprint density at radius 1 is 1.11 bits per heavy atom. The van der Waals surface area contributed by atoms with Crippen LogP contribution in [0.4, 0.5) is 0 Å². The Bertz CT molecular complexity index is 1360. The summed E-state index contributed by atoms with van der Waals surface area (Å²) in [6.07, 6.45) is -0.591. The largest absolute Gasteiger partial charge is 0.491 e. The van der Waals surface area contributed by atoms with Crippen LogP contribution in [0.3, 0.4) is 0 Å². The maximum Gasteiger partial charge on any atom is 0.151 e. The van der Waals surface area contributed by atoms with E-state index in [1.54, 1.807) is 23.5 Å². The molecular formula is C27H30Cl2N4O3S. The van der Waals surface area contributed by atoms with E-state index in [1.165, 1.54) is 0 Å². The molecule has 1 aliphatic rings. The van der Waals surface area contributed by atoms with E-state index in [0.29, 0.717) is 34.4 Å². The number of ether oxygens (including phenoxy) is 1. The van der Waals surface area contributed by atoms with E-state index in [4.69, 9.17) is 32.5 Å². The average molecular weight is 562 g/mol. The highest BCUT2D eigenvalue weighted by Crippen LogP contribution is 2.34. The fourth-order valence-corrected chi connectivity index (χ4v) is 6.22. The standard InChI is InChI=1S/C27H30Cl2N4O3S/c1-16-12-33(14-21-10-25(31-36-21)27-22(28)5-4-6-23(27)29)17(2)11-32(16)13-19(34)15-35-20-7-8-26-24(9-20)30-18(3)37-26/h4-10,16-17,19,34H,11-15H2,1-3H3. The number of aliphatic hydroxyl groups excluding tert-OH is 1. The number of benzene rings is 2. The van der Waals surface area contributed by atoms with E-state index >= 15 is 0 Å². The van der Waals surface area contributed by atoms with Crippen molar-refractivity contribution in [1.82, 2.24) is 19.9 Å². The number of aromatic nitrogens is 2. The van der Waals surface area contributed by atoms with Crippen molar-refractivity contribution in [1.29, 1.82) is 0 Å². The van der Waals surface area contributed by atoms with Gasteiger partial charge < -0.3 is 14.4 Å². The molecule has 0 amide bonds. The van der Waals surface area contributed by atoms with Gasteiger partial charge in [-0.15, -0.1) is 11.3 Å². The van der Waals surface area contributed by atoms with Crippen molar-refractivity contribution in [2.75, 3.05) is 26.2 Å². The van der Waals surface area contributed by atoms with Crippen molar-refractivity contribution in [3.63, 3.8) is 0 Å². The molecule has 3 atom stereocenters. The molecule has 2 aromatic carbocycles. The van der Waals surface area contributed by atoms with Gasteiger partial charge in [-0.3, -0.25) is 9.80 Å². The number of thiazole rings is 1. The molecule has 2 aromatic heterocycles. The van der Waals surface area contributed by atoms with E-state index < -0.39 is 6.10 Å². The van der Waals surface area contributed by atoms with Gasteiger partial charge in [0.2, 0.25) is 0 Å². The lowest BCUT2D eigenvalue weighted by molar-refractivity contribution is -0.00459. The first-order chi connectivity index (χ1) is 17.8. The molecule has 5 rings (SSSR count). The second kappa shape index (κ2) is 11.3. The molecule has 1 aliphatic heterocycles. The van der Waals surface area contributed by atoms with Crippen molar-refractivity contribution in [3.05, 3.63) is 63.3 Å². The van der Waals surface area contributed by atoms with Crippen LogP contribution in [0.15, 0.2) is 47.0 Å². The van der Waals surface area contributed by atoms with Gasteiger partial charge in [-0.2, -0.15) is 0 Å². The molecular weight excluding hydrogens is 531 g/mol. The van der Waals surface area contributed by atoms with Crippen LogP contribution in [0.5, 0.6) is 5.75 Å². The van der Waals surface area contributed by atoms with Crippen molar-refractivity contribution in [2.24, 2.45) is 0 Å². The molecule has 0 radical (unpaired) electrons. The lowest BCUT2D eigenvalue weighted by Crippen LogP contribution is -2.57. The van der Waals surface area contributed by atoms with Gasteiger partial charge in [0.05, 0.1) is 31.8 Å². The van der Waals surface area contributed by atoms with Crippen LogP contribution >= 0.6 is 34.5 Å². The number of nitrogens with zero attached hydrogens (tertiary/aromatic N) is 4. The zero-order chi connectivity index (χ0) is 26.1. The third-order valence-electron chi connectivity index (χ3n) is 6.73. The maximum absolute atomic E-state index is 10.7. The molecule has 0 aliphatic carbocycles. The summed E-state index contributed by atoms with van der Waals surface area (Å²) in [5.41, 5.74) is 2.25. The number of hydrogen-bond acceptors (Lipinski definition) is 8. The Balaban J connectivity index is 1.14. The Kier molecular flexibility index (Phi) is 8.04. The summed E-state index contributed by atoms with van der Waals surface area (Å²) < 4.78 is 12.6. The third kappa shape index (κ3) is 6.11. The van der Waals surface area contributed by atoms with Gasteiger partial charge in [0, 0.05) is 49.4 Å². The summed E-state index contributed by atoms with van der Waals surface area (Å²) in [7, 11) is 0. The van der Waals surface area contributed by atoms with Crippen LogP contribution < -0.4 is 4.74 Å². The number of β-amino-alcohol motifs (C(OH)–C–C–N with tert-alkyl or cyclic N) is 1. The molecule has 3 unspecified atom stereocenters. The van der Waals surface area contributed by atoms with Crippen LogP contribution in [0.2, 0.25) is 10.0 Å². The fourth-order valence-electron chi connectivity index (χ4n) is 4.82. The predicted octanol–water partition coefficient (Wildman–Crippen LogP) is 5.90. The average Bonchev–Trinajstić information content (AvgIpc) is 3.46. The lowest BCUT2D eigenvalue weighted by atomic mass is 10.1. The number of aliphatic hydroxyl groups is 1. The third-order valence-corrected chi connectivity index (χ3v) is 8.32. The minimum atomic E-state index is -0.591. The number of hydrogen-bond donors (Lipinski definition) is 1. The van der Waals surface area contributed by atoms with Gasteiger partial charge >= 0.3 is 0 Å². The molecule has 3 heterocycles. The van der Waals surface area contributed by atoms with E-state index in [0.717, 1.165) is 39.8 Å². The maximum atomic E-state index is 10.7. The molecule has 196 valence electrons. The molecule has 0 bridgehead atoms. The SMILES string of the molecule is Cc1nc2cc(OCC(O)CN3CC(C)N(Cc4cc(-c5c(Cl)cccc5Cl)no4)CC3C)ccc2s1. The Morgan fingerprint density at radius 3 is 2.62 bits per heavy atom. The first kappa shape index (κ1) is 26.4. The minimum absolute atomic E-state index is 0.237. The molecule has 0 saturated carbocycles. The van der Waals surface area contributed by atoms with Crippen molar-refractivity contribution >= 4 is 44.8 Å². The van der Waals surface area contributed by atoms with Gasteiger partial charge in [0.15, 0.2) is 5.76 Å². The number of fused-ring (bicyclic) bond motifs is 1. The molecule has 7 nitrogen and oxygen atoms in total. The summed E-state index contributed by atoms with van der Waals surface area (Å²) in [4.78, 5) is 9.20. The second-order valence-corrected chi connectivity index (χ2v) is 11.7. The van der Waals surface area contributed by atoms with Crippen LogP contribution in [-0.4, -0.2) is 69.5 Å². The molecule has 1 saturated heterocycles. The van der Waals surface area contributed by atoms with Crippen molar-refractivity contribution in [3.8, 4) is 17.0 Å². The van der Waals surface area contributed by atoms with Crippen LogP contribution in [0, 0.1) is 6.92 Å². The van der Waals surface area contributed by atoms with Gasteiger partial charge in [0.25, 0.3) is 0 Å². The smallest absolute Gasteiger partial charge is 0.151 e. The molecule has 37 heavy (non-hydrogen) atoms. The van der Waals surface area contributed by atoms with Gasteiger partial charge in [0.1, 0.15) is 24.2 Å². The van der Waals surface area contributed by atoms with Crippen LogP contribution in [-0.2, 0) is 6.54 Å². The van der Waals surface area contributed by atoms with Crippen LogP contribution in [0.1, 0.15) is 24.6 Å². The fraction of sp³-hybridized carbons (Fsp3) is 0.407. The van der Waals surface area contributed by atoms with Gasteiger partial charge in [-0.1, -0.05) is 34.4 Å². The summed E-state index contributed by atoms with van der Waals surface area (Å²) in [6.45, 7) is 9.47. The topological polar surface area (TPSA) is 74.9 Å². The highest BCUT2D eigenvalue weighted by molar-refractivity contribution is 7.18. The summed E-state index contributed by atoms with van der Waals surface area (Å²) in [6, 6.07) is 13.7. The van der Waals surface area contributed by atoms with Gasteiger partial charge in [-0.25, -0.2) is 4.98 Å². The molecule has 1 fully saturated rings. The Hall–Kier alpha value is -2.20. The predicted molar refractivity (Wildman–Crippen MR) is 149 cm³/mol. The first-order valence-corrected chi connectivity index (χ1v) is 13.9.